The molecule has 2 aromatic rings. The van der Waals surface area contributed by atoms with E-state index in [1.807, 2.05) is 12.1 Å². The van der Waals surface area contributed by atoms with E-state index in [9.17, 15) is 9.59 Å². The van der Waals surface area contributed by atoms with Crippen LogP contribution in [0.4, 0.5) is 0 Å². The summed E-state index contributed by atoms with van der Waals surface area (Å²) < 4.78 is 16.1. The molecule has 7 nitrogen and oxygen atoms in total. The third-order valence-electron chi connectivity index (χ3n) is 4.40. The molecule has 0 aliphatic rings. The van der Waals surface area contributed by atoms with Crippen LogP contribution >= 0.6 is 11.6 Å². The second kappa shape index (κ2) is 10.6. The maximum absolute atomic E-state index is 12.9. The van der Waals surface area contributed by atoms with Crippen LogP contribution in [0.2, 0.25) is 5.02 Å². The van der Waals surface area contributed by atoms with Crippen molar-refractivity contribution in [3.63, 3.8) is 0 Å². The molecule has 1 atom stereocenters. The molecule has 0 unspecified atom stereocenters. The maximum atomic E-state index is 12.9. The van der Waals surface area contributed by atoms with Gasteiger partial charge in [-0.05, 0) is 18.6 Å². The summed E-state index contributed by atoms with van der Waals surface area (Å²) in [5.41, 5.74) is 0.737. The van der Waals surface area contributed by atoms with E-state index in [4.69, 9.17) is 25.8 Å². The first-order chi connectivity index (χ1) is 13.9. The molecule has 0 heterocycles. The van der Waals surface area contributed by atoms with Crippen LogP contribution in [0.3, 0.4) is 0 Å². The summed E-state index contributed by atoms with van der Waals surface area (Å²) in [5.74, 6) is 0.855. The van der Waals surface area contributed by atoms with Gasteiger partial charge in [-0.15, -0.1) is 0 Å². The fourth-order valence-corrected chi connectivity index (χ4v) is 2.89. The minimum absolute atomic E-state index is 0.178. The van der Waals surface area contributed by atoms with Gasteiger partial charge in [-0.25, -0.2) is 0 Å². The average Bonchev–Trinajstić information content (AvgIpc) is 2.75. The molecule has 2 rings (SSSR count). The Hall–Kier alpha value is -2.93. The Morgan fingerprint density at radius 1 is 1.07 bits per heavy atom. The van der Waals surface area contributed by atoms with Gasteiger partial charge in [0.05, 0.1) is 14.2 Å². The van der Waals surface area contributed by atoms with Crippen LogP contribution in [0.15, 0.2) is 42.5 Å². The first-order valence-electron chi connectivity index (χ1n) is 9.00. The molecule has 0 aliphatic carbocycles. The molecule has 1 N–H and O–H groups in total. The Morgan fingerprint density at radius 3 is 2.21 bits per heavy atom. The second-order valence-electron chi connectivity index (χ2n) is 6.24. The smallest absolute Gasteiger partial charge is 0.261 e. The molecule has 2 aromatic carbocycles. The number of carbonyl (C=O) groups excluding carboxylic acids is 2. The summed E-state index contributed by atoms with van der Waals surface area (Å²) in [7, 11) is 4.58. The number of carbonyl (C=O) groups is 2. The Balaban J connectivity index is 2.19. The quantitative estimate of drug-likeness (QED) is 0.675. The van der Waals surface area contributed by atoms with Crippen LogP contribution in [-0.2, 0) is 16.1 Å². The average molecular weight is 421 g/mol. The normalized spacial score (nSPS) is 11.3. The van der Waals surface area contributed by atoms with Gasteiger partial charge < -0.3 is 24.4 Å². The Kier molecular flexibility index (Phi) is 8.15. The van der Waals surface area contributed by atoms with Crippen molar-refractivity contribution in [2.24, 2.45) is 0 Å². The summed E-state index contributed by atoms with van der Waals surface area (Å²) in [4.78, 5) is 26.5. The van der Waals surface area contributed by atoms with E-state index in [1.54, 1.807) is 37.3 Å². The van der Waals surface area contributed by atoms with Gasteiger partial charge in [0, 0.05) is 36.8 Å². The lowest BCUT2D eigenvalue weighted by Crippen LogP contribution is -2.48. The van der Waals surface area contributed by atoms with Gasteiger partial charge in [-0.3, -0.25) is 9.59 Å². The van der Waals surface area contributed by atoms with Gasteiger partial charge in [0.15, 0.2) is 6.61 Å². The number of nitrogens with one attached hydrogen (secondary N) is 1. The lowest BCUT2D eigenvalue weighted by Gasteiger charge is -2.28. The summed E-state index contributed by atoms with van der Waals surface area (Å²) in [6.07, 6.45) is 0. The van der Waals surface area contributed by atoms with Gasteiger partial charge in [0.2, 0.25) is 5.91 Å². The van der Waals surface area contributed by atoms with Crippen molar-refractivity contribution in [2.45, 2.75) is 19.5 Å². The van der Waals surface area contributed by atoms with E-state index in [0.29, 0.717) is 22.3 Å². The van der Waals surface area contributed by atoms with Crippen molar-refractivity contribution in [2.75, 3.05) is 27.9 Å². The highest BCUT2D eigenvalue weighted by Gasteiger charge is 2.26. The van der Waals surface area contributed by atoms with Gasteiger partial charge >= 0.3 is 0 Å². The largest absolute Gasteiger partial charge is 0.496 e. The van der Waals surface area contributed by atoms with Gasteiger partial charge in [-0.2, -0.15) is 0 Å². The summed E-state index contributed by atoms with van der Waals surface area (Å²) in [6.45, 7) is 1.57. The minimum Gasteiger partial charge on any atom is -0.496 e. The second-order valence-corrected chi connectivity index (χ2v) is 6.65. The zero-order valence-electron chi connectivity index (χ0n) is 16.9. The van der Waals surface area contributed by atoms with Gasteiger partial charge in [0.1, 0.15) is 23.3 Å². The number of rotatable bonds is 9. The number of hydrogen-bond acceptors (Lipinski definition) is 5. The molecule has 0 aliphatic heterocycles. The van der Waals surface area contributed by atoms with Gasteiger partial charge in [0.25, 0.3) is 5.91 Å². The van der Waals surface area contributed by atoms with Crippen molar-refractivity contribution < 1.29 is 23.8 Å². The number of amides is 2. The molecule has 0 radical (unpaired) electrons. The van der Waals surface area contributed by atoms with Gasteiger partial charge in [-0.1, -0.05) is 29.8 Å². The van der Waals surface area contributed by atoms with E-state index in [0.717, 1.165) is 5.56 Å². The molecule has 0 bridgehead atoms. The predicted octanol–water partition coefficient (Wildman–Crippen LogP) is 2.90. The van der Waals surface area contributed by atoms with E-state index in [1.165, 1.54) is 26.2 Å². The fourth-order valence-electron chi connectivity index (χ4n) is 2.69. The van der Waals surface area contributed by atoms with Crippen molar-refractivity contribution in [3.05, 3.63) is 53.1 Å². The third kappa shape index (κ3) is 6.02. The zero-order valence-corrected chi connectivity index (χ0v) is 17.7. The monoisotopic (exact) mass is 420 g/mol. The van der Waals surface area contributed by atoms with Crippen LogP contribution in [0.25, 0.3) is 0 Å². The highest BCUT2D eigenvalue weighted by molar-refractivity contribution is 6.31. The number of hydrogen-bond donors (Lipinski definition) is 1. The van der Waals surface area contributed by atoms with E-state index >= 15 is 0 Å². The summed E-state index contributed by atoms with van der Waals surface area (Å²) in [6, 6.07) is 11.5. The lowest BCUT2D eigenvalue weighted by molar-refractivity contribution is -0.142. The molecular weight excluding hydrogens is 396 g/mol. The maximum Gasteiger partial charge on any atom is 0.261 e. The highest BCUT2D eigenvalue weighted by atomic mass is 35.5. The van der Waals surface area contributed by atoms with E-state index in [-0.39, 0.29) is 25.0 Å². The molecule has 0 aromatic heterocycles. The lowest BCUT2D eigenvalue weighted by atomic mass is 10.1. The summed E-state index contributed by atoms with van der Waals surface area (Å²) >= 11 is 6.23. The SMILES string of the molecule is CNC(=O)[C@H](C)N(Cc1ccccc1Cl)C(=O)COc1cc(OC)cc(OC)c1. The van der Waals surface area contributed by atoms with Crippen LogP contribution in [-0.4, -0.2) is 50.6 Å². The number of halogens is 1. The molecule has 0 saturated heterocycles. The number of benzene rings is 2. The van der Waals surface area contributed by atoms with Crippen molar-refractivity contribution in [1.82, 2.24) is 10.2 Å². The molecule has 29 heavy (non-hydrogen) atoms. The molecular formula is C21H25ClN2O5. The van der Waals surface area contributed by atoms with Crippen LogP contribution < -0.4 is 19.5 Å². The van der Waals surface area contributed by atoms with Crippen molar-refractivity contribution in [3.8, 4) is 17.2 Å². The van der Waals surface area contributed by atoms with E-state index < -0.39 is 6.04 Å². The number of methoxy groups -OCH3 is 2. The molecule has 0 spiro atoms. The van der Waals surface area contributed by atoms with Crippen LogP contribution in [0.1, 0.15) is 12.5 Å². The number of ether oxygens (including phenoxy) is 3. The third-order valence-corrected chi connectivity index (χ3v) is 4.77. The van der Waals surface area contributed by atoms with E-state index in [2.05, 4.69) is 5.32 Å². The van der Waals surface area contributed by atoms with Crippen molar-refractivity contribution >= 4 is 23.4 Å². The molecule has 0 fully saturated rings. The van der Waals surface area contributed by atoms with Crippen LogP contribution in [0, 0.1) is 0 Å². The molecule has 8 heteroatoms. The Bertz CT molecular complexity index is 836. The predicted molar refractivity (Wildman–Crippen MR) is 111 cm³/mol. The first kappa shape index (κ1) is 22.4. The standard InChI is InChI=1S/C21H25ClN2O5/c1-14(21(26)23-2)24(12-15-7-5-6-8-19(15)22)20(25)13-29-18-10-16(27-3)9-17(11-18)28-4/h5-11,14H,12-13H2,1-4H3,(H,23,26)/t14-/m0/s1. The van der Waals surface area contributed by atoms with Crippen molar-refractivity contribution in [1.29, 1.82) is 0 Å². The molecule has 0 saturated carbocycles. The first-order valence-corrected chi connectivity index (χ1v) is 9.37. The fraction of sp³-hybridized carbons (Fsp3) is 0.333. The summed E-state index contributed by atoms with van der Waals surface area (Å²) in [5, 5.41) is 3.09. The number of likely N-dealkylation sites (N-methyl/N-ethyl adjacent to an activating group) is 1. The highest BCUT2D eigenvalue weighted by Crippen LogP contribution is 2.27. The molecule has 156 valence electrons. The van der Waals surface area contributed by atoms with Crippen LogP contribution in [0.5, 0.6) is 17.2 Å². The molecule has 2 amide bonds. The number of nitrogens with zero attached hydrogens (tertiary/aromatic N) is 1. The Morgan fingerprint density at radius 2 is 1.66 bits per heavy atom. The topological polar surface area (TPSA) is 77.1 Å². The minimum atomic E-state index is -0.702. The Labute approximate surface area is 175 Å². The zero-order chi connectivity index (χ0) is 21.4.